The van der Waals surface area contributed by atoms with Crippen molar-refractivity contribution >= 4 is 0 Å². The fourth-order valence-electron chi connectivity index (χ4n) is 1.11. The molecular weight excluding hydrogens is 178 g/mol. The number of aliphatic hydroxyl groups excluding tert-OH is 1. The number of alkyl halides is 2. The van der Waals surface area contributed by atoms with E-state index in [0.717, 1.165) is 6.20 Å². The molecule has 1 heterocycles. The number of rotatable bonds is 3. The zero-order valence-corrected chi connectivity index (χ0v) is 6.87. The van der Waals surface area contributed by atoms with Gasteiger partial charge in [0.15, 0.2) is 0 Å². The van der Waals surface area contributed by atoms with Crippen molar-refractivity contribution in [3.63, 3.8) is 0 Å². The van der Waals surface area contributed by atoms with Gasteiger partial charge in [-0.25, -0.2) is 8.78 Å². The highest BCUT2D eigenvalue weighted by Gasteiger charge is 2.15. The van der Waals surface area contributed by atoms with E-state index in [-0.39, 0.29) is 17.7 Å². The number of nitrogens with two attached hydrogens (primary N) is 1. The lowest BCUT2D eigenvalue weighted by molar-refractivity contribution is 0.146. The van der Waals surface area contributed by atoms with Crippen molar-refractivity contribution < 1.29 is 13.9 Å². The maximum absolute atomic E-state index is 12.3. The van der Waals surface area contributed by atoms with Gasteiger partial charge in [-0.15, -0.1) is 0 Å². The van der Waals surface area contributed by atoms with Gasteiger partial charge in [0, 0.05) is 24.5 Å². The fraction of sp³-hybridized carbons (Fsp3) is 0.375. The largest absolute Gasteiger partial charge is 0.392 e. The smallest absolute Gasteiger partial charge is 0.265 e. The highest BCUT2D eigenvalue weighted by molar-refractivity contribution is 5.31. The zero-order valence-electron chi connectivity index (χ0n) is 6.87. The van der Waals surface area contributed by atoms with Crippen LogP contribution in [0.5, 0.6) is 0 Å². The first kappa shape index (κ1) is 10.0. The van der Waals surface area contributed by atoms with Crippen molar-refractivity contribution in [3.8, 4) is 0 Å². The van der Waals surface area contributed by atoms with Gasteiger partial charge in [-0.1, -0.05) is 0 Å². The number of nitrogens with zero attached hydrogens (tertiary/aromatic N) is 1. The van der Waals surface area contributed by atoms with Gasteiger partial charge < -0.3 is 10.8 Å². The maximum atomic E-state index is 12.3. The van der Waals surface area contributed by atoms with Gasteiger partial charge in [-0.2, -0.15) is 0 Å². The van der Waals surface area contributed by atoms with Crippen molar-refractivity contribution in [2.24, 2.45) is 5.73 Å². The molecule has 1 aromatic heterocycles. The molecular formula is C8H10F2N2O. The molecule has 3 nitrogen and oxygen atoms in total. The van der Waals surface area contributed by atoms with Crippen molar-refractivity contribution in [1.82, 2.24) is 4.98 Å². The molecule has 0 fully saturated rings. The number of pyridine rings is 1. The molecule has 0 radical (unpaired) electrons. The van der Waals surface area contributed by atoms with Crippen LogP contribution in [0.2, 0.25) is 0 Å². The minimum absolute atomic E-state index is 0.101. The van der Waals surface area contributed by atoms with Crippen LogP contribution in [0.4, 0.5) is 8.78 Å². The predicted octanol–water partition coefficient (Wildman–Crippen LogP) is 0.970. The number of aromatic nitrogens is 1. The summed E-state index contributed by atoms with van der Waals surface area (Å²) in [7, 11) is 0. The molecule has 1 aromatic rings. The highest BCUT2D eigenvalue weighted by atomic mass is 19.3. The molecule has 3 N–H and O–H groups in total. The lowest BCUT2D eigenvalue weighted by atomic mass is 10.1. The minimum atomic E-state index is -2.62. The van der Waals surface area contributed by atoms with E-state index in [9.17, 15) is 8.78 Å². The number of hydrogen-bond donors (Lipinski definition) is 2. The molecule has 0 spiro atoms. The van der Waals surface area contributed by atoms with E-state index in [2.05, 4.69) is 4.98 Å². The quantitative estimate of drug-likeness (QED) is 0.743. The first-order chi connectivity index (χ1) is 6.20. The Bertz CT molecular complexity index is 291. The Balaban J connectivity index is 3.19. The lowest BCUT2D eigenvalue weighted by Gasteiger charge is -2.09. The summed E-state index contributed by atoms with van der Waals surface area (Å²) in [6.45, 7) is -0.335. The SMILES string of the molecule is NCc1cncc(C(F)F)c1CO. The first-order valence-corrected chi connectivity index (χ1v) is 3.75. The van der Waals surface area contributed by atoms with E-state index in [4.69, 9.17) is 10.8 Å². The van der Waals surface area contributed by atoms with Gasteiger partial charge in [0.05, 0.1) is 6.61 Å². The molecule has 0 atom stereocenters. The van der Waals surface area contributed by atoms with Crippen LogP contribution in [-0.2, 0) is 13.2 Å². The van der Waals surface area contributed by atoms with Crippen molar-refractivity contribution in [3.05, 3.63) is 29.1 Å². The van der Waals surface area contributed by atoms with Crippen LogP contribution in [0.15, 0.2) is 12.4 Å². The van der Waals surface area contributed by atoms with Gasteiger partial charge in [-0.3, -0.25) is 4.98 Å². The Morgan fingerprint density at radius 1 is 1.46 bits per heavy atom. The van der Waals surface area contributed by atoms with E-state index in [0.29, 0.717) is 5.56 Å². The molecule has 0 aliphatic heterocycles. The Labute approximate surface area is 74.2 Å². The number of aliphatic hydroxyl groups is 1. The Hall–Kier alpha value is -1.07. The molecule has 13 heavy (non-hydrogen) atoms. The number of hydrogen-bond acceptors (Lipinski definition) is 3. The lowest BCUT2D eigenvalue weighted by Crippen LogP contribution is -2.06. The molecule has 0 saturated heterocycles. The average molecular weight is 188 g/mol. The van der Waals surface area contributed by atoms with E-state index in [1.807, 2.05) is 0 Å². The third-order valence-corrected chi connectivity index (χ3v) is 1.79. The van der Waals surface area contributed by atoms with Gasteiger partial charge in [0.25, 0.3) is 6.43 Å². The van der Waals surface area contributed by atoms with Crippen molar-refractivity contribution in [2.45, 2.75) is 19.6 Å². The maximum Gasteiger partial charge on any atom is 0.265 e. The van der Waals surface area contributed by atoms with Gasteiger partial charge >= 0.3 is 0 Å². The molecule has 0 saturated carbocycles. The second kappa shape index (κ2) is 4.25. The summed E-state index contributed by atoms with van der Waals surface area (Å²) in [6, 6.07) is 0. The molecule has 72 valence electrons. The normalized spacial score (nSPS) is 10.8. The summed E-state index contributed by atoms with van der Waals surface area (Å²) in [6.07, 6.45) is -0.187. The number of halogens is 2. The topological polar surface area (TPSA) is 59.1 Å². The molecule has 1 rings (SSSR count). The first-order valence-electron chi connectivity index (χ1n) is 3.75. The Morgan fingerprint density at radius 3 is 2.62 bits per heavy atom. The van der Waals surface area contributed by atoms with E-state index in [1.54, 1.807) is 0 Å². The van der Waals surface area contributed by atoms with Crippen LogP contribution in [0.25, 0.3) is 0 Å². The Kier molecular flexibility index (Phi) is 3.27. The van der Waals surface area contributed by atoms with Gasteiger partial charge in [0.1, 0.15) is 0 Å². The van der Waals surface area contributed by atoms with E-state index in [1.165, 1.54) is 6.20 Å². The highest BCUT2D eigenvalue weighted by Crippen LogP contribution is 2.24. The van der Waals surface area contributed by atoms with Crippen molar-refractivity contribution in [1.29, 1.82) is 0 Å². The van der Waals surface area contributed by atoms with Crippen LogP contribution in [0.3, 0.4) is 0 Å². The Morgan fingerprint density at radius 2 is 2.15 bits per heavy atom. The van der Waals surface area contributed by atoms with Crippen LogP contribution < -0.4 is 5.73 Å². The third-order valence-electron chi connectivity index (χ3n) is 1.79. The average Bonchev–Trinajstić information content (AvgIpc) is 2.16. The molecule has 0 amide bonds. The van der Waals surface area contributed by atoms with Crippen LogP contribution in [-0.4, -0.2) is 10.1 Å². The van der Waals surface area contributed by atoms with Gasteiger partial charge in [-0.05, 0) is 11.1 Å². The minimum Gasteiger partial charge on any atom is -0.392 e. The standard InChI is InChI=1S/C8H10F2N2O/c9-8(10)6-3-12-2-5(1-11)7(6)4-13/h2-3,8,13H,1,4,11H2. The summed E-state index contributed by atoms with van der Waals surface area (Å²) in [5.41, 5.74) is 5.70. The summed E-state index contributed by atoms with van der Waals surface area (Å²) < 4.78 is 24.7. The molecule has 0 aliphatic rings. The third kappa shape index (κ3) is 1.99. The van der Waals surface area contributed by atoms with E-state index < -0.39 is 13.0 Å². The zero-order chi connectivity index (χ0) is 9.84. The summed E-state index contributed by atoms with van der Waals surface area (Å²) in [5, 5.41) is 8.86. The summed E-state index contributed by atoms with van der Waals surface area (Å²) >= 11 is 0. The molecule has 0 unspecified atom stereocenters. The predicted molar refractivity (Wildman–Crippen MR) is 43.0 cm³/mol. The fourth-order valence-corrected chi connectivity index (χ4v) is 1.11. The van der Waals surface area contributed by atoms with Crippen LogP contribution in [0.1, 0.15) is 23.1 Å². The van der Waals surface area contributed by atoms with Crippen LogP contribution >= 0.6 is 0 Å². The molecule has 0 aliphatic carbocycles. The summed E-state index contributed by atoms with van der Waals surface area (Å²) in [4.78, 5) is 3.61. The van der Waals surface area contributed by atoms with E-state index >= 15 is 0 Å². The second-order valence-electron chi connectivity index (χ2n) is 2.53. The molecule has 0 bridgehead atoms. The second-order valence-corrected chi connectivity index (χ2v) is 2.53. The molecule has 5 heteroatoms. The molecule has 0 aromatic carbocycles. The monoisotopic (exact) mass is 188 g/mol. The van der Waals surface area contributed by atoms with Crippen LogP contribution in [0, 0.1) is 0 Å². The summed E-state index contributed by atoms with van der Waals surface area (Å²) in [5.74, 6) is 0. The van der Waals surface area contributed by atoms with Gasteiger partial charge in [0.2, 0.25) is 0 Å². The van der Waals surface area contributed by atoms with Crippen molar-refractivity contribution in [2.75, 3.05) is 0 Å².